The molecule has 0 atom stereocenters. The number of hydrogen-bond acceptors (Lipinski definition) is 6. The van der Waals surface area contributed by atoms with Gasteiger partial charge < -0.3 is 10.6 Å². The minimum absolute atomic E-state index is 0.0762. The summed E-state index contributed by atoms with van der Waals surface area (Å²) >= 11 is 0. The summed E-state index contributed by atoms with van der Waals surface area (Å²) in [5, 5.41) is 11.0. The van der Waals surface area contributed by atoms with Crippen molar-refractivity contribution in [1.82, 2.24) is 9.97 Å². The molecule has 4 N–H and O–H groups in total. The van der Waals surface area contributed by atoms with Crippen LogP contribution in [-0.4, -0.2) is 25.4 Å². The molecule has 0 aliphatic heterocycles. The summed E-state index contributed by atoms with van der Waals surface area (Å²) in [5.74, 6) is 1.02. The Morgan fingerprint density at radius 2 is 2.00 bits per heavy atom. The van der Waals surface area contributed by atoms with Crippen molar-refractivity contribution in [3.05, 3.63) is 36.0 Å². The summed E-state index contributed by atoms with van der Waals surface area (Å²) in [6.07, 6.45) is 1.59. The molecule has 0 aliphatic rings. The molecule has 0 unspecified atom stereocenters. The predicted molar refractivity (Wildman–Crippen MR) is 77.4 cm³/mol. The molecule has 0 saturated heterocycles. The molecule has 2 rings (SSSR count). The van der Waals surface area contributed by atoms with Gasteiger partial charge in [-0.3, -0.25) is 0 Å². The quantitative estimate of drug-likeness (QED) is 0.781. The van der Waals surface area contributed by atoms with Crippen LogP contribution in [0.3, 0.4) is 0 Å². The van der Waals surface area contributed by atoms with E-state index in [1.807, 2.05) is 0 Å². The molecule has 0 saturated carbocycles. The number of nitrogens with zero attached hydrogens (tertiary/aromatic N) is 2. The van der Waals surface area contributed by atoms with Crippen molar-refractivity contribution in [2.75, 3.05) is 17.7 Å². The molecule has 20 heavy (non-hydrogen) atoms. The number of aromatic nitrogens is 2. The maximum absolute atomic E-state index is 11.5. The van der Waals surface area contributed by atoms with Gasteiger partial charge in [-0.1, -0.05) is 6.07 Å². The van der Waals surface area contributed by atoms with Crippen molar-refractivity contribution >= 4 is 27.5 Å². The number of anilines is 3. The van der Waals surface area contributed by atoms with E-state index in [0.717, 1.165) is 0 Å². The van der Waals surface area contributed by atoms with Crippen molar-refractivity contribution in [1.29, 1.82) is 0 Å². The first-order valence-electron chi connectivity index (χ1n) is 5.81. The maximum Gasteiger partial charge on any atom is 0.238 e. The highest BCUT2D eigenvalue weighted by Crippen LogP contribution is 2.21. The lowest BCUT2D eigenvalue weighted by Gasteiger charge is -2.09. The molecular weight excluding hydrogens is 278 g/mol. The van der Waals surface area contributed by atoms with E-state index in [-0.39, 0.29) is 4.90 Å². The van der Waals surface area contributed by atoms with Crippen LogP contribution in [-0.2, 0) is 10.0 Å². The van der Waals surface area contributed by atoms with E-state index in [1.165, 1.54) is 6.07 Å². The van der Waals surface area contributed by atoms with Crippen molar-refractivity contribution in [2.45, 2.75) is 11.8 Å². The van der Waals surface area contributed by atoms with Gasteiger partial charge in [0.2, 0.25) is 16.0 Å². The van der Waals surface area contributed by atoms with E-state index < -0.39 is 10.0 Å². The van der Waals surface area contributed by atoms with Crippen molar-refractivity contribution in [3.63, 3.8) is 0 Å². The zero-order valence-electron chi connectivity index (χ0n) is 11.1. The monoisotopic (exact) mass is 293 g/mol. The second-order valence-corrected chi connectivity index (χ2v) is 5.70. The third kappa shape index (κ3) is 3.22. The zero-order chi connectivity index (χ0) is 14.8. The lowest BCUT2D eigenvalue weighted by Crippen LogP contribution is -2.14. The Morgan fingerprint density at radius 1 is 1.25 bits per heavy atom. The van der Waals surface area contributed by atoms with Gasteiger partial charge in [0.25, 0.3) is 0 Å². The van der Waals surface area contributed by atoms with Crippen molar-refractivity contribution < 1.29 is 8.42 Å². The molecule has 0 aliphatic carbocycles. The van der Waals surface area contributed by atoms with Gasteiger partial charge in [-0.15, -0.1) is 0 Å². The molecule has 1 aromatic heterocycles. The fourth-order valence-electron chi connectivity index (χ4n) is 1.67. The molecule has 0 spiro atoms. The van der Waals surface area contributed by atoms with Crippen LogP contribution >= 0.6 is 0 Å². The first-order valence-corrected chi connectivity index (χ1v) is 7.36. The summed E-state index contributed by atoms with van der Waals surface area (Å²) < 4.78 is 22.9. The number of primary sulfonamides is 1. The number of sulfonamides is 1. The van der Waals surface area contributed by atoms with E-state index in [0.29, 0.717) is 23.0 Å². The molecule has 0 fully saturated rings. The topological polar surface area (TPSA) is 110 Å². The van der Waals surface area contributed by atoms with Crippen molar-refractivity contribution in [2.24, 2.45) is 5.14 Å². The third-order valence-electron chi connectivity index (χ3n) is 2.66. The Kier molecular flexibility index (Phi) is 3.86. The van der Waals surface area contributed by atoms with Gasteiger partial charge in [0.15, 0.2) is 0 Å². The summed E-state index contributed by atoms with van der Waals surface area (Å²) in [5.41, 5.74) is 1.14. The van der Waals surface area contributed by atoms with Crippen LogP contribution < -0.4 is 15.8 Å². The van der Waals surface area contributed by atoms with Gasteiger partial charge in [-0.05, 0) is 30.7 Å². The molecular formula is C12H15N5O2S. The number of nitrogens with one attached hydrogen (secondary N) is 2. The van der Waals surface area contributed by atoms with Gasteiger partial charge in [0, 0.05) is 18.9 Å². The minimum Gasteiger partial charge on any atom is -0.373 e. The highest BCUT2D eigenvalue weighted by Gasteiger charge is 2.12. The van der Waals surface area contributed by atoms with Crippen LogP contribution in [0.1, 0.15) is 5.56 Å². The smallest absolute Gasteiger partial charge is 0.238 e. The van der Waals surface area contributed by atoms with E-state index >= 15 is 0 Å². The summed E-state index contributed by atoms with van der Waals surface area (Å²) in [4.78, 5) is 8.32. The van der Waals surface area contributed by atoms with Crippen LogP contribution in [0, 0.1) is 6.92 Å². The first kappa shape index (κ1) is 14.2. The van der Waals surface area contributed by atoms with Gasteiger partial charge in [-0.25, -0.2) is 18.5 Å². The Morgan fingerprint density at radius 3 is 2.65 bits per heavy atom. The van der Waals surface area contributed by atoms with Gasteiger partial charge >= 0.3 is 0 Å². The summed E-state index contributed by atoms with van der Waals surface area (Å²) in [6, 6.07) is 6.58. The molecule has 2 aromatic rings. The molecule has 106 valence electrons. The number of aryl methyl sites for hydroxylation is 1. The highest BCUT2D eigenvalue weighted by molar-refractivity contribution is 7.89. The number of rotatable bonds is 4. The van der Waals surface area contributed by atoms with E-state index in [2.05, 4.69) is 20.6 Å². The van der Waals surface area contributed by atoms with Crippen LogP contribution in [0.15, 0.2) is 35.4 Å². The van der Waals surface area contributed by atoms with Gasteiger partial charge in [-0.2, -0.15) is 4.98 Å². The number of benzene rings is 1. The van der Waals surface area contributed by atoms with Crippen LogP contribution in [0.2, 0.25) is 0 Å². The van der Waals surface area contributed by atoms with E-state index in [4.69, 9.17) is 5.14 Å². The van der Waals surface area contributed by atoms with E-state index in [9.17, 15) is 8.42 Å². The first-order chi connectivity index (χ1) is 9.40. The van der Waals surface area contributed by atoms with Gasteiger partial charge in [0.05, 0.1) is 4.90 Å². The summed E-state index contributed by atoms with van der Waals surface area (Å²) in [7, 11) is -2.01. The average Bonchev–Trinajstić information content (AvgIpc) is 2.40. The van der Waals surface area contributed by atoms with E-state index in [1.54, 1.807) is 38.4 Å². The molecule has 0 amide bonds. The minimum atomic E-state index is -3.75. The largest absolute Gasteiger partial charge is 0.373 e. The molecule has 0 radical (unpaired) electrons. The Hall–Kier alpha value is -2.19. The predicted octanol–water partition coefficient (Wildman–Crippen LogP) is 1.22. The number of hydrogen-bond donors (Lipinski definition) is 3. The Labute approximate surface area is 117 Å². The lowest BCUT2D eigenvalue weighted by atomic mass is 10.2. The molecule has 8 heteroatoms. The SMILES string of the molecule is CNc1ccnc(Nc2ccc(C)c(S(N)(=O)=O)c2)n1. The standard InChI is InChI=1S/C12H15N5O2S/c1-8-3-4-9(7-10(8)20(13,18)19)16-12-15-6-5-11(14-2)17-12/h3-7H,1-2H3,(H2,13,18,19)(H2,14,15,16,17). The Bertz CT molecular complexity index is 730. The highest BCUT2D eigenvalue weighted by atomic mass is 32.2. The lowest BCUT2D eigenvalue weighted by molar-refractivity contribution is 0.597. The molecule has 7 nitrogen and oxygen atoms in total. The maximum atomic E-state index is 11.5. The van der Waals surface area contributed by atoms with Crippen molar-refractivity contribution in [3.8, 4) is 0 Å². The third-order valence-corrected chi connectivity index (χ3v) is 3.72. The second kappa shape index (κ2) is 5.43. The van der Waals surface area contributed by atoms with Gasteiger partial charge in [0.1, 0.15) is 5.82 Å². The number of nitrogens with two attached hydrogens (primary N) is 1. The molecule has 1 heterocycles. The normalized spacial score (nSPS) is 11.2. The summed E-state index contributed by atoms with van der Waals surface area (Å²) in [6.45, 7) is 1.68. The van der Waals surface area contributed by atoms with Crippen LogP contribution in [0.4, 0.5) is 17.5 Å². The van der Waals surface area contributed by atoms with Crippen LogP contribution in [0.5, 0.6) is 0 Å². The second-order valence-electron chi connectivity index (χ2n) is 4.17. The fraction of sp³-hybridized carbons (Fsp3) is 0.167. The van der Waals surface area contributed by atoms with Crippen LogP contribution in [0.25, 0.3) is 0 Å². The average molecular weight is 293 g/mol. The Balaban J connectivity index is 2.35. The fourth-order valence-corrected chi connectivity index (χ4v) is 2.48. The zero-order valence-corrected chi connectivity index (χ0v) is 11.9. The molecule has 0 bridgehead atoms. The molecule has 1 aromatic carbocycles.